The molecule has 1 atom stereocenters. The Hall–Kier alpha value is -4.47. The number of anilines is 1. The van der Waals surface area contributed by atoms with Gasteiger partial charge in [0.2, 0.25) is 0 Å². The van der Waals surface area contributed by atoms with Gasteiger partial charge in [0.05, 0.1) is 47.6 Å². The van der Waals surface area contributed by atoms with E-state index in [-0.39, 0.29) is 17.8 Å². The van der Waals surface area contributed by atoms with E-state index in [9.17, 15) is 9.59 Å². The lowest BCUT2D eigenvalue weighted by Crippen LogP contribution is -2.34. The van der Waals surface area contributed by atoms with Crippen LogP contribution >= 0.6 is 0 Å². The summed E-state index contributed by atoms with van der Waals surface area (Å²) in [5.74, 6) is -5.78. The SMILES string of the molecule is C[C@H](OC(=O)c1ccccc1)c1cccc2c1C(F)(F)C(=O)N2Cc1cncc(-n2ccnn2)c1. The molecule has 0 N–H and O–H groups in total. The van der Waals surface area contributed by atoms with Crippen LogP contribution in [-0.2, 0) is 22.0 Å². The minimum Gasteiger partial charge on any atom is -0.454 e. The number of carbonyl (C=O) groups is 2. The smallest absolute Gasteiger partial charge is 0.352 e. The van der Waals surface area contributed by atoms with Crippen molar-refractivity contribution in [1.82, 2.24) is 20.0 Å². The summed E-state index contributed by atoms with van der Waals surface area (Å²) in [7, 11) is 0. The van der Waals surface area contributed by atoms with Crippen molar-refractivity contribution in [2.24, 2.45) is 0 Å². The standard InChI is InChI=1S/C25H19F2N5O3/c1-16(35-23(33)18-6-3-2-4-7-18)20-8-5-9-21-22(20)25(26,27)24(34)31(21)15-17-12-19(14-28-13-17)32-11-10-29-30-32/h2-14,16H,15H2,1H3/t16-/m0/s1. The van der Waals surface area contributed by atoms with Gasteiger partial charge >= 0.3 is 17.8 Å². The molecule has 4 aromatic rings. The molecule has 1 amide bonds. The summed E-state index contributed by atoms with van der Waals surface area (Å²) in [6.45, 7) is 1.38. The highest BCUT2D eigenvalue weighted by atomic mass is 19.3. The van der Waals surface area contributed by atoms with Crippen molar-refractivity contribution in [3.8, 4) is 5.69 Å². The molecule has 8 nitrogen and oxygen atoms in total. The third-order valence-corrected chi connectivity index (χ3v) is 5.73. The van der Waals surface area contributed by atoms with Crippen molar-refractivity contribution in [2.45, 2.75) is 25.5 Å². The molecule has 35 heavy (non-hydrogen) atoms. The summed E-state index contributed by atoms with van der Waals surface area (Å²) < 4.78 is 37.5. The number of pyridine rings is 1. The number of rotatable bonds is 6. The molecule has 0 radical (unpaired) electrons. The molecule has 0 saturated carbocycles. The normalized spacial score (nSPS) is 15.1. The van der Waals surface area contributed by atoms with Gasteiger partial charge in [0.25, 0.3) is 0 Å². The number of halogens is 2. The van der Waals surface area contributed by atoms with E-state index >= 15 is 8.78 Å². The third kappa shape index (κ3) is 4.03. The highest BCUT2D eigenvalue weighted by Crippen LogP contribution is 2.48. The van der Waals surface area contributed by atoms with Crippen LogP contribution in [0, 0.1) is 0 Å². The van der Waals surface area contributed by atoms with E-state index in [1.807, 2.05) is 0 Å². The number of esters is 1. The van der Waals surface area contributed by atoms with Crippen molar-refractivity contribution in [2.75, 3.05) is 4.90 Å². The van der Waals surface area contributed by atoms with Gasteiger partial charge in [0, 0.05) is 11.8 Å². The number of fused-ring (bicyclic) bond motifs is 1. The molecule has 2 aromatic carbocycles. The van der Waals surface area contributed by atoms with Gasteiger partial charge in [-0.1, -0.05) is 35.5 Å². The molecule has 0 unspecified atom stereocenters. The summed E-state index contributed by atoms with van der Waals surface area (Å²) in [4.78, 5) is 30.5. The summed E-state index contributed by atoms with van der Waals surface area (Å²) >= 11 is 0. The number of hydrogen-bond donors (Lipinski definition) is 0. The van der Waals surface area contributed by atoms with Crippen LogP contribution in [0.4, 0.5) is 14.5 Å². The Labute approximate surface area is 198 Å². The van der Waals surface area contributed by atoms with E-state index in [1.165, 1.54) is 36.1 Å². The number of ether oxygens (including phenoxy) is 1. The van der Waals surface area contributed by atoms with Crippen molar-refractivity contribution >= 4 is 17.6 Å². The van der Waals surface area contributed by atoms with Crippen LogP contribution in [0.25, 0.3) is 5.69 Å². The van der Waals surface area contributed by atoms with Crippen LogP contribution in [0.15, 0.2) is 79.4 Å². The lowest BCUT2D eigenvalue weighted by molar-refractivity contribution is -0.141. The van der Waals surface area contributed by atoms with Gasteiger partial charge < -0.3 is 9.64 Å². The van der Waals surface area contributed by atoms with Crippen LogP contribution < -0.4 is 4.90 Å². The first-order valence-electron chi connectivity index (χ1n) is 10.8. The van der Waals surface area contributed by atoms with E-state index in [1.54, 1.807) is 54.9 Å². The Kier molecular flexibility index (Phi) is 5.56. The minimum absolute atomic E-state index is 0.0614. The molecular weight excluding hydrogens is 456 g/mol. The fourth-order valence-electron chi connectivity index (χ4n) is 4.09. The number of aromatic nitrogens is 4. The zero-order valence-corrected chi connectivity index (χ0v) is 18.5. The predicted molar refractivity (Wildman–Crippen MR) is 121 cm³/mol. The Morgan fingerprint density at radius 2 is 1.91 bits per heavy atom. The zero-order valence-electron chi connectivity index (χ0n) is 18.5. The molecule has 176 valence electrons. The molecule has 0 saturated heterocycles. The van der Waals surface area contributed by atoms with Crippen molar-refractivity contribution < 1.29 is 23.1 Å². The molecule has 0 spiro atoms. The minimum atomic E-state index is -3.78. The van der Waals surface area contributed by atoms with E-state index in [2.05, 4.69) is 15.3 Å². The van der Waals surface area contributed by atoms with Crippen LogP contribution in [0.2, 0.25) is 0 Å². The molecule has 0 bridgehead atoms. The van der Waals surface area contributed by atoms with E-state index in [4.69, 9.17) is 4.74 Å². The van der Waals surface area contributed by atoms with Crippen LogP contribution in [0.1, 0.15) is 40.1 Å². The summed E-state index contributed by atoms with van der Waals surface area (Å²) in [5.41, 5.74) is 1.08. The first-order chi connectivity index (χ1) is 16.9. The average Bonchev–Trinajstić information content (AvgIpc) is 3.47. The lowest BCUT2D eigenvalue weighted by Gasteiger charge is -2.19. The fourth-order valence-corrected chi connectivity index (χ4v) is 4.09. The van der Waals surface area contributed by atoms with E-state index in [0.717, 1.165) is 4.90 Å². The Bertz CT molecular complexity index is 1390. The van der Waals surface area contributed by atoms with Gasteiger partial charge in [0.1, 0.15) is 6.10 Å². The number of benzene rings is 2. The van der Waals surface area contributed by atoms with Crippen LogP contribution in [-0.4, -0.2) is 31.9 Å². The Morgan fingerprint density at radius 3 is 2.66 bits per heavy atom. The second kappa shape index (κ2) is 8.71. The summed E-state index contributed by atoms with van der Waals surface area (Å²) in [5, 5.41) is 7.64. The molecule has 0 aliphatic carbocycles. The highest BCUT2D eigenvalue weighted by molar-refractivity contribution is 6.06. The monoisotopic (exact) mass is 475 g/mol. The highest BCUT2D eigenvalue weighted by Gasteiger charge is 2.54. The van der Waals surface area contributed by atoms with Gasteiger partial charge in [-0.05, 0) is 36.8 Å². The summed E-state index contributed by atoms with van der Waals surface area (Å²) in [6, 6.07) is 14.4. The number of carbonyl (C=O) groups excluding carboxylic acids is 2. The molecule has 1 aliphatic heterocycles. The number of alkyl halides is 2. The van der Waals surface area contributed by atoms with Gasteiger partial charge in [-0.3, -0.25) is 9.78 Å². The average molecular weight is 475 g/mol. The van der Waals surface area contributed by atoms with Crippen molar-refractivity contribution in [3.63, 3.8) is 0 Å². The quantitative estimate of drug-likeness (QED) is 0.388. The largest absolute Gasteiger partial charge is 0.454 e. The van der Waals surface area contributed by atoms with Crippen LogP contribution in [0.5, 0.6) is 0 Å². The molecule has 5 rings (SSSR count). The maximum atomic E-state index is 15.3. The third-order valence-electron chi connectivity index (χ3n) is 5.73. The van der Waals surface area contributed by atoms with E-state index < -0.39 is 29.5 Å². The predicted octanol–water partition coefficient (Wildman–Crippen LogP) is 4.22. The molecule has 3 heterocycles. The number of hydrogen-bond acceptors (Lipinski definition) is 6. The molecular formula is C25H19F2N5O3. The lowest BCUT2D eigenvalue weighted by atomic mass is 9.98. The van der Waals surface area contributed by atoms with Gasteiger partial charge in [-0.25, -0.2) is 9.48 Å². The number of amides is 1. The first kappa shape index (κ1) is 22.3. The molecule has 1 aliphatic rings. The molecule has 2 aromatic heterocycles. The summed E-state index contributed by atoms with van der Waals surface area (Å²) in [6.07, 6.45) is 5.16. The molecule has 10 heteroatoms. The van der Waals surface area contributed by atoms with Gasteiger partial charge in [-0.2, -0.15) is 8.78 Å². The van der Waals surface area contributed by atoms with Crippen molar-refractivity contribution in [1.29, 1.82) is 0 Å². The maximum Gasteiger partial charge on any atom is 0.352 e. The second-order valence-electron chi connectivity index (χ2n) is 8.02. The van der Waals surface area contributed by atoms with E-state index in [0.29, 0.717) is 16.8 Å². The van der Waals surface area contributed by atoms with Gasteiger partial charge in [0.15, 0.2) is 0 Å². The maximum absolute atomic E-state index is 15.3. The number of nitrogens with zero attached hydrogens (tertiary/aromatic N) is 5. The van der Waals surface area contributed by atoms with Crippen LogP contribution in [0.3, 0.4) is 0 Å². The fraction of sp³-hybridized carbons (Fsp3) is 0.160. The van der Waals surface area contributed by atoms with Crippen molar-refractivity contribution in [3.05, 3.63) is 102 Å². The second-order valence-corrected chi connectivity index (χ2v) is 8.02. The zero-order chi connectivity index (χ0) is 24.6. The molecule has 0 fully saturated rings. The Balaban J connectivity index is 1.46. The van der Waals surface area contributed by atoms with Gasteiger partial charge in [-0.15, -0.1) is 5.10 Å². The topological polar surface area (TPSA) is 90.2 Å². The Morgan fingerprint density at radius 1 is 1.11 bits per heavy atom. The first-order valence-corrected chi connectivity index (χ1v) is 10.8.